The van der Waals surface area contributed by atoms with Crippen molar-refractivity contribution in [2.24, 2.45) is 0 Å². The number of carbonyl (C=O) groups excluding carboxylic acids is 1. The molecule has 0 atom stereocenters. The molecule has 1 amide bonds. The van der Waals surface area contributed by atoms with E-state index in [0.717, 1.165) is 0 Å². The van der Waals surface area contributed by atoms with Crippen molar-refractivity contribution in [3.8, 4) is 0 Å². The summed E-state index contributed by atoms with van der Waals surface area (Å²) in [6.07, 6.45) is 0. The van der Waals surface area contributed by atoms with Gasteiger partial charge in [0.05, 0.1) is 0 Å². The number of anilines is 1. The number of nitrogen functional groups attached to an aromatic ring is 1. The highest BCUT2D eigenvalue weighted by Gasteiger charge is 2.08. The fraction of sp³-hybridized carbons (Fsp3) is 0.235. The summed E-state index contributed by atoms with van der Waals surface area (Å²) >= 11 is 0. The average molecular weight is 268 g/mol. The van der Waals surface area contributed by atoms with Crippen LogP contribution in [-0.4, -0.2) is 5.91 Å². The van der Waals surface area contributed by atoms with E-state index in [0.29, 0.717) is 17.8 Å². The first kappa shape index (κ1) is 14.1. The summed E-state index contributed by atoms with van der Waals surface area (Å²) in [5.74, 6) is -0.100. The zero-order chi connectivity index (χ0) is 14.7. The molecule has 0 aliphatic heterocycles. The van der Waals surface area contributed by atoms with Gasteiger partial charge in [0.2, 0.25) is 0 Å². The lowest BCUT2D eigenvalue weighted by atomic mass is 10.00. The first-order valence-electron chi connectivity index (χ1n) is 6.68. The predicted molar refractivity (Wildman–Crippen MR) is 82.7 cm³/mol. The molecule has 20 heavy (non-hydrogen) atoms. The third-order valence-electron chi connectivity index (χ3n) is 3.41. The van der Waals surface area contributed by atoms with Gasteiger partial charge in [-0.05, 0) is 55.7 Å². The fourth-order valence-corrected chi connectivity index (χ4v) is 2.44. The summed E-state index contributed by atoms with van der Waals surface area (Å²) in [4.78, 5) is 12.1. The minimum Gasteiger partial charge on any atom is -0.399 e. The Morgan fingerprint density at radius 1 is 1.10 bits per heavy atom. The average Bonchev–Trinajstić information content (AvgIpc) is 2.37. The number of hydrogen-bond acceptors (Lipinski definition) is 2. The number of rotatable bonds is 3. The van der Waals surface area contributed by atoms with Gasteiger partial charge >= 0.3 is 0 Å². The van der Waals surface area contributed by atoms with Crippen LogP contribution in [0.4, 0.5) is 5.69 Å². The standard InChI is InChI=1S/C17H20N2O/c1-11-7-12(2)16(13(3)8-11)10-19-17(20)14-5-4-6-15(18)9-14/h4-9H,10,18H2,1-3H3,(H,19,20). The summed E-state index contributed by atoms with van der Waals surface area (Å²) in [5.41, 5.74) is 11.7. The van der Waals surface area contributed by atoms with E-state index < -0.39 is 0 Å². The lowest BCUT2D eigenvalue weighted by Crippen LogP contribution is -2.23. The van der Waals surface area contributed by atoms with E-state index in [-0.39, 0.29) is 5.91 Å². The van der Waals surface area contributed by atoms with Crippen LogP contribution in [0.5, 0.6) is 0 Å². The van der Waals surface area contributed by atoms with Crippen LogP contribution >= 0.6 is 0 Å². The first-order chi connectivity index (χ1) is 9.47. The Morgan fingerprint density at radius 3 is 2.35 bits per heavy atom. The van der Waals surface area contributed by atoms with E-state index in [2.05, 4.69) is 38.2 Å². The van der Waals surface area contributed by atoms with Crippen molar-refractivity contribution in [2.75, 3.05) is 5.73 Å². The second kappa shape index (κ2) is 5.78. The summed E-state index contributed by atoms with van der Waals surface area (Å²) < 4.78 is 0. The summed E-state index contributed by atoms with van der Waals surface area (Å²) in [5, 5.41) is 2.95. The van der Waals surface area contributed by atoms with E-state index in [9.17, 15) is 4.79 Å². The molecule has 104 valence electrons. The van der Waals surface area contributed by atoms with E-state index in [1.165, 1.54) is 22.3 Å². The van der Waals surface area contributed by atoms with Crippen LogP contribution in [0, 0.1) is 20.8 Å². The maximum atomic E-state index is 12.1. The Kier molecular flexibility index (Phi) is 4.08. The number of nitrogens with one attached hydrogen (secondary N) is 1. The van der Waals surface area contributed by atoms with E-state index in [1.807, 2.05) is 0 Å². The van der Waals surface area contributed by atoms with Gasteiger partial charge in [0.15, 0.2) is 0 Å². The van der Waals surface area contributed by atoms with Gasteiger partial charge in [-0.25, -0.2) is 0 Å². The van der Waals surface area contributed by atoms with Crippen LogP contribution in [0.15, 0.2) is 36.4 Å². The van der Waals surface area contributed by atoms with Crippen LogP contribution in [0.1, 0.15) is 32.6 Å². The molecule has 0 saturated carbocycles. The molecule has 0 aromatic heterocycles. The van der Waals surface area contributed by atoms with Crippen molar-refractivity contribution < 1.29 is 4.79 Å². The second-order valence-electron chi connectivity index (χ2n) is 5.19. The Bertz CT molecular complexity index is 624. The maximum Gasteiger partial charge on any atom is 0.251 e. The molecule has 0 spiro atoms. The number of benzene rings is 2. The molecule has 0 fully saturated rings. The van der Waals surface area contributed by atoms with Crippen LogP contribution in [0.2, 0.25) is 0 Å². The van der Waals surface area contributed by atoms with Crippen molar-refractivity contribution in [2.45, 2.75) is 27.3 Å². The lowest BCUT2D eigenvalue weighted by molar-refractivity contribution is 0.0951. The van der Waals surface area contributed by atoms with Gasteiger partial charge in [-0.2, -0.15) is 0 Å². The molecule has 3 N–H and O–H groups in total. The summed E-state index contributed by atoms with van der Waals surface area (Å²) in [6.45, 7) is 6.75. The molecule has 0 aliphatic carbocycles. The number of aryl methyl sites for hydroxylation is 3. The Labute approximate surface area is 119 Å². The highest BCUT2D eigenvalue weighted by atomic mass is 16.1. The quantitative estimate of drug-likeness (QED) is 0.840. The molecule has 0 heterocycles. The van der Waals surface area contributed by atoms with Gasteiger partial charge < -0.3 is 11.1 Å². The molecular formula is C17H20N2O. The third kappa shape index (κ3) is 3.18. The lowest BCUT2D eigenvalue weighted by Gasteiger charge is -2.12. The minimum atomic E-state index is -0.100. The van der Waals surface area contributed by atoms with Crippen molar-refractivity contribution in [1.82, 2.24) is 5.32 Å². The monoisotopic (exact) mass is 268 g/mol. The van der Waals surface area contributed by atoms with Crippen molar-refractivity contribution >= 4 is 11.6 Å². The largest absolute Gasteiger partial charge is 0.399 e. The topological polar surface area (TPSA) is 55.1 Å². The van der Waals surface area contributed by atoms with Crippen LogP contribution in [0.25, 0.3) is 0 Å². The van der Waals surface area contributed by atoms with Gasteiger partial charge in [0.25, 0.3) is 5.91 Å². The van der Waals surface area contributed by atoms with Crippen LogP contribution in [-0.2, 0) is 6.54 Å². The minimum absolute atomic E-state index is 0.100. The number of nitrogens with two attached hydrogens (primary N) is 1. The zero-order valence-corrected chi connectivity index (χ0v) is 12.2. The van der Waals surface area contributed by atoms with Gasteiger partial charge in [-0.1, -0.05) is 23.8 Å². The van der Waals surface area contributed by atoms with Crippen molar-refractivity contribution in [1.29, 1.82) is 0 Å². The molecule has 3 nitrogen and oxygen atoms in total. The molecule has 2 rings (SSSR count). The molecule has 2 aromatic carbocycles. The molecule has 3 heteroatoms. The Morgan fingerprint density at radius 2 is 1.75 bits per heavy atom. The van der Waals surface area contributed by atoms with E-state index in [4.69, 9.17) is 5.73 Å². The first-order valence-corrected chi connectivity index (χ1v) is 6.68. The maximum absolute atomic E-state index is 12.1. The molecule has 0 aliphatic rings. The molecule has 0 unspecified atom stereocenters. The van der Waals surface area contributed by atoms with Gasteiger partial charge in [0.1, 0.15) is 0 Å². The van der Waals surface area contributed by atoms with Crippen molar-refractivity contribution in [3.05, 3.63) is 64.2 Å². The molecule has 0 bridgehead atoms. The fourth-order valence-electron chi connectivity index (χ4n) is 2.44. The van der Waals surface area contributed by atoms with Crippen molar-refractivity contribution in [3.63, 3.8) is 0 Å². The zero-order valence-electron chi connectivity index (χ0n) is 12.2. The SMILES string of the molecule is Cc1cc(C)c(CNC(=O)c2cccc(N)c2)c(C)c1. The smallest absolute Gasteiger partial charge is 0.251 e. The normalized spacial score (nSPS) is 10.3. The molecule has 0 radical (unpaired) electrons. The predicted octanol–water partition coefficient (Wildman–Crippen LogP) is 3.12. The number of amides is 1. The Balaban J connectivity index is 2.11. The van der Waals surface area contributed by atoms with Crippen LogP contribution in [0.3, 0.4) is 0 Å². The third-order valence-corrected chi connectivity index (χ3v) is 3.41. The van der Waals surface area contributed by atoms with E-state index in [1.54, 1.807) is 24.3 Å². The summed E-state index contributed by atoms with van der Waals surface area (Å²) in [7, 11) is 0. The van der Waals surface area contributed by atoms with Gasteiger partial charge in [-0.15, -0.1) is 0 Å². The highest BCUT2D eigenvalue weighted by Crippen LogP contribution is 2.16. The molecular weight excluding hydrogens is 248 g/mol. The molecule has 0 saturated heterocycles. The van der Waals surface area contributed by atoms with Gasteiger partial charge in [-0.3, -0.25) is 4.79 Å². The number of hydrogen-bond donors (Lipinski definition) is 2. The second-order valence-corrected chi connectivity index (χ2v) is 5.19. The van der Waals surface area contributed by atoms with Gasteiger partial charge in [0, 0.05) is 17.8 Å². The van der Waals surface area contributed by atoms with E-state index >= 15 is 0 Å². The number of carbonyl (C=O) groups is 1. The highest BCUT2D eigenvalue weighted by molar-refractivity contribution is 5.94. The summed E-state index contributed by atoms with van der Waals surface area (Å²) in [6, 6.07) is 11.3. The Hall–Kier alpha value is -2.29. The van der Waals surface area contributed by atoms with Crippen LogP contribution < -0.4 is 11.1 Å². The molecule has 2 aromatic rings.